The van der Waals surface area contributed by atoms with Crippen LogP contribution in [0, 0.1) is 21.0 Å². The maximum atomic E-state index is 13.4. The van der Waals surface area contributed by atoms with Crippen molar-refractivity contribution in [3.63, 3.8) is 0 Å². The fraction of sp³-hybridized carbons (Fsp3) is 0. The van der Waals surface area contributed by atoms with E-state index < -0.39 is 28.8 Å². The molecule has 2 rings (SSSR count). The van der Waals surface area contributed by atoms with Gasteiger partial charge < -0.3 is 0 Å². The van der Waals surface area contributed by atoms with E-state index in [9.17, 15) is 18.0 Å². The fourth-order valence-electron chi connectivity index (χ4n) is 1.50. The molecule has 0 saturated carbocycles. The average molecular weight is 362 g/mol. The summed E-state index contributed by atoms with van der Waals surface area (Å²) in [4.78, 5) is 11.9. The molecule has 0 aliphatic rings. The van der Waals surface area contributed by atoms with E-state index in [0.29, 0.717) is 12.1 Å². The summed E-state index contributed by atoms with van der Waals surface area (Å²) < 4.78 is 40.5. The summed E-state index contributed by atoms with van der Waals surface area (Å²) >= 11 is 2.04. The second-order valence-corrected chi connectivity index (χ2v) is 4.83. The second kappa shape index (κ2) is 5.09. The lowest BCUT2D eigenvalue weighted by Gasteiger charge is -2.04. The molecule has 0 spiro atoms. The maximum Gasteiger partial charge on any atom is 0.198 e. The Morgan fingerprint density at radius 2 is 1.44 bits per heavy atom. The van der Waals surface area contributed by atoms with Gasteiger partial charge in [-0.15, -0.1) is 0 Å². The number of hydrogen-bond donors (Lipinski definition) is 0. The number of hydrogen-bond acceptors (Lipinski definition) is 1. The first kappa shape index (κ1) is 13.1. The zero-order valence-electron chi connectivity index (χ0n) is 8.88. The van der Waals surface area contributed by atoms with Gasteiger partial charge in [0.25, 0.3) is 0 Å². The molecule has 92 valence electrons. The van der Waals surface area contributed by atoms with Crippen molar-refractivity contribution in [3.05, 3.63) is 68.5 Å². The summed E-state index contributed by atoms with van der Waals surface area (Å²) in [5.74, 6) is -4.25. The molecule has 0 aliphatic carbocycles. The molecule has 0 amide bonds. The molecule has 0 aromatic heterocycles. The number of ketones is 1. The van der Waals surface area contributed by atoms with Crippen LogP contribution in [0.15, 0.2) is 36.4 Å². The fourth-order valence-corrected chi connectivity index (χ4v) is 1.86. The standard InChI is InChI=1S/C13H6F3IO/c14-8-5-10(15)12(11(16)6-8)13(18)7-1-3-9(17)4-2-7/h1-6H. The molecule has 0 unspecified atom stereocenters. The van der Waals surface area contributed by atoms with Crippen molar-refractivity contribution in [2.24, 2.45) is 0 Å². The molecule has 0 fully saturated rings. The first-order chi connectivity index (χ1) is 8.49. The van der Waals surface area contributed by atoms with Crippen LogP contribution >= 0.6 is 22.6 Å². The first-order valence-electron chi connectivity index (χ1n) is 4.94. The summed E-state index contributed by atoms with van der Waals surface area (Å²) in [7, 11) is 0. The molecule has 5 heteroatoms. The summed E-state index contributed by atoms with van der Waals surface area (Å²) in [5, 5.41) is 0. The summed E-state index contributed by atoms with van der Waals surface area (Å²) in [6, 6.07) is 7.20. The molecule has 0 aliphatic heterocycles. The lowest BCUT2D eigenvalue weighted by atomic mass is 10.0. The molecule has 0 bridgehead atoms. The van der Waals surface area contributed by atoms with Gasteiger partial charge in [0.1, 0.15) is 17.5 Å². The zero-order valence-corrected chi connectivity index (χ0v) is 11.0. The Hall–Kier alpha value is -1.37. The Morgan fingerprint density at radius 1 is 0.944 bits per heavy atom. The highest BCUT2D eigenvalue weighted by atomic mass is 127. The molecule has 0 radical (unpaired) electrons. The lowest BCUT2D eigenvalue weighted by Crippen LogP contribution is -2.08. The minimum atomic E-state index is -1.20. The molecular weight excluding hydrogens is 356 g/mol. The van der Waals surface area contributed by atoms with Gasteiger partial charge in [-0.1, -0.05) is 0 Å². The van der Waals surface area contributed by atoms with Gasteiger partial charge in [-0.3, -0.25) is 4.79 Å². The van der Waals surface area contributed by atoms with Crippen LogP contribution in [-0.2, 0) is 0 Å². The topological polar surface area (TPSA) is 17.1 Å². The minimum Gasteiger partial charge on any atom is -0.288 e. The van der Waals surface area contributed by atoms with E-state index in [1.807, 2.05) is 22.6 Å². The Bertz CT molecular complexity index is 585. The molecule has 18 heavy (non-hydrogen) atoms. The molecule has 2 aromatic rings. The number of carbonyl (C=O) groups is 1. The predicted molar refractivity (Wildman–Crippen MR) is 68.9 cm³/mol. The maximum absolute atomic E-state index is 13.4. The Morgan fingerprint density at radius 3 is 1.94 bits per heavy atom. The smallest absolute Gasteiger partial charge is 0.198 e. The molecule has 0 saturated heterocycles. The number of halogens is 4. The van der Waals surface area contributed by atoms with E-state index >= 15 is 0 Å². The highest BCUT2D eigenvalue weighted by molar-refractivity contribution is 14.1. The highest BCUT2D eigenvalue weighted by Gasteiger charge is 2.20. The molecule has 0 heterocycles. The Balaban J connectivity index is 2.49. The van der Waals surface area contributed by atoms with Crippen molar-refractivity contribution in [2.75, 3.05) is 0 Å². The molecule has 2 aromatic carbocycles. The number of rotatable bonds is 2. The monoisotopic (exact) mass is 362 g/mol. The first-order valence-corrected chi connectivity index (χ1v) is 6.01. The van der Waals surface area contributed by atoms with Crippen molar-refractivity contribution >= 4 is 28.4 Å². The van der Waals surface area contributed by atoms with Gasteiger partial charge in [0, 0.05) is 21.3 Å². The third kappa shape index (κ3) is 2.55. The number of benzene rings is 2. The van der Waals surface area contributed by atoms with E-state index in [1.165, 1.54) is 12.1 Å². The van der Waals surface area contributed by atoms with E-state index in [-0.39, 0.29) is 5.56 Å². The molecule has 0 N–H and O–H groups in total. The van der Waals surface area contributed by atoms with Gasteiger partial charge in [0.2, 0.25) is 0 Å². The van der Waals surface area contributed by atoms with Gasteiger partial charge in [0.05, 0.1) is 5.56 Å². The quantitative estimate of drug-likeness (QED) is 0.584. The van der Waals surface area contributed by atoms with Crippen LogP contribution in [0.4, 0.5) is 13.2 Å². The van der Waals surface area contributed by atoms with Gasteiger partial charge in [0.15, 0.2) is 5.78 Å². The normalized spacial score (nSPS) is 10.4. The largest absolute Gasteiger partial charge is 0.288 e. The Kier molecular flexibility index (Phi) is 3.70. The summed E-state index contributed by atoms with van der Waals surface area (Å²) in [6.45, 7) is 0. The van der Waals surface area contributed by atoms with Crippen LogP contribution in [0.5, 0.6) is 0 Å². The van der Waals surface area contributed by atoms with Gasteiger partial charge >= 0.3 is 0 Å². The van der Waals surface area contributed by atoms with E-state index in [1.54, 1.807) is 12.1 Å². The molecule has 1 nitrogen and oxygen atoms in total. The zero-order chi connectivity index (χ0) is 13.3. The van der Waals surface area contributed by atoms with E-state index in [2.05, 4.69) is 0 Å². The highest BCUT2D eigenvalue weighted by Crippen LogP contribution is 2.19. The van der Waals surface area contributed by atoms with Gasteiger partial charge in [-0.2, -0.15) is 0 Å². The van der Waals surface area contributed by atoms with Crippen LogP contribution in [-0.4, -0.2) is 5.78 Å². The Labute approximate surface area is 115 Å². The third-order valence-corrected chi connectivity index (χ3v) is 3.06. The second-order valence-electron chi connectivity index (χ2n) is 3.58. The number of carbonyl (C=O) groups excluding carboxylic acids is 1. The van der Waals surface area contributed by atoms with E-state index in [4.69, 9.17) is 0 Å². The van der Waals surface area contributed by atoms with Crippen molar-refractivity contribution in [3.8, 4) is 0 Å². The average Bonchev–Trinajstić information content (AvgIpc) is 2.28. The third-order valence-electron chi connectivity index (χ3n) is 2.34. The van der Waals surface area contributed by atoms with Crippen molar-refractivity contribution < 1.29 is 18.0 Å². The van der Waals surface area contributed by atoms with Crippen molar-refractivity contribution in [2.45, 2.75) is 0 Å². The van der Waals surface area contributed by atoms with Crippen LogP contribution in [0.3, 0.4) is 0 Å². The van der Waals surface area contributed by atoms with Crippen molar-refractivity contribution in [1.29, 1.82) is 0 Å². The lowest BCUT2D eigenvalue weighted by molar-refractivity contribution is 0.103. The molecule has 0 atom stereocenters. The van der Waals surface area contributed by atoms with Crippen LogP contribution in [0.25, 0.3) is 0 Å². The van der Waals surface area contributed by atoms with Crippen molar-refractivity contribution in [1.82, 2.24) is 0 Å². The summed E-state index contributed by atoms with van der Waals surface area (Å²) in [5.41, 5.74) is -0.586. The van der Waals surface area contributed by atoms with Gasteiger partial charge in [-0.25, -0.2) is 13.2 Å². The SMILES string of the molecule is O=C(c1ccc(I)cc1)c1c(F)cc(F)cc1F. The van der Waals surface area contributed by atoms with Crippen LogP contribution in [0.1, 0.15) is 15.9 Å². The van der Waals surface area contributed by atoms with Crippen LogP contribution in [0.2, 0.25) is 0 Å². The summed E-state index contributed by atoms with van der Waals surface area (Å²) in [6.07, 6.45) is 0. The van der Waals surface area contributed by atoms with E-state index in [0.717, 1.165) is 3.57 Å². The van der Waals surface area contributed by atoms with Gasteiger partial charge in [-0.05, 0) is 46.9 Å². The van der Waals surface area contributed by atoms with Crippen LogP contribution < -0.4 is 0 Å². The predicted octanol–water partition coefficient (Wildman–Crippen LogP) is 3.94. The molecular formula is C13H6F3IO. The minimum absolute atomic E-state index is 0.153.